The number of carboxylic acids is 1. The molecule has 1 N–H and O–H groups in total. The molecule has 0 fully saturated rings. The topological polar surface area (TPSA) is 63.6 Å². The van der Waals surface area contributed by atoms with Crippen LogP contribution in [0.15, 0.2) is 48.5 Å². The summed E-state index contributed by atoms with van der Waals surface area (Å²) in [6, 6.07) is 16.3. The van der Waals surface area contributed by atoms with Crippen molar-refractivity contribution in [2.75, 3.05) is 6.61 Å². The molecule has 1 unspecified atom stereocenters. The van der Waals surface area contributed by atoms with Crippen LogP contribution in [-0.2, 0) is 9.53 Å². The fourth-order valence-corrected chi connectivity index (χ4v) is 4.75. The van der Waals surface area contributed by atoms with E-state index in [-0.39, 0.29) is 17.3 Å². The van der Waals surface area contributed by atoms with Crippen molar-refractivity contribution in [3.8, 4) is 11.1 Å². The fraction of sp³-hybridized carbons (Fsp3) is 0.263. The maximum atomic E-state index is 12.1. The molecule has 0 bridgehead atoms. The zero-order valence-corrected chi connectivity index (χ0v) is 15.5. The molecule has 0 amide bonds. The minimum atomic E-state index is -1.31. The van der Waals surface area contributed by atoms with Gasteiger partial charge in [-0.15, -0.1) is 0 Å². The maximum absolute atomic E-state index is 12.1. The van der Waals surface area contributed by atoms with Gasteiger partial charge in [-0.05, 0) is 0 Å². The van der Waals surface area contributed by atoms with Gasteiger partial charge in [-0.3, -0.25) is 0 Å². The van der Waals surface area contributed by atoms with E-state index in [1.165, 1.54) is 11.1 Å². The molecular weight excluding hydrogens is 367 g/mol. The molecule has 4 nitrogen and oxygen atoms in total. The summed E-state index contributed by atoms with van der Waals surface area (Å²) in [5.74, 6) is -0.871. The second-order valence-electron chi connectivity index (χ2n) is 5.77. The van der Waals surface area contributed by atoms with Crippen LogP contribution in [-0.4, -0.2) is 38.2 Å². The minimum absolute atomic E-state index is 0.0258. The second-order valence-corrected chi connectivity index (χ2v) is 8.69. The van der Waals surface area contributed by atoms with Gasteiger partial charge in [0, 0.05) is 0 Å². The molecule has 0 heterocycles. The molecule has 24 heavy (non-hydrogen) atoms. The molecule has 2 aromatic rings. The van der Waals surface area contributed by atoms with Crippen molar-refractivity contribution in [1.29, 1.82) is 0 Å². The first kappa shape index (κ1) is 16.8. The number of fused-ring (bicyclic) bond motifs is 3. The van der Waals surface area contributed by atoms with E-state index in [1.807, 2.05) is 24.3 Å². The number of carboxylic acid groups (broad SMARTS) is 1. The molecule has 2 aromatic carbocycles. The molecule has 0 aromatic heterocycles. The predicted octanol–water partition coefficient (Wildman–Crippen LogP) is 3.66. The van der Waals surface area contributed by atoms with E-state index in [2.05, 4.69) is 24.3 Å². The number of carbonyl (C=O) groups is 2. The quantitative estimate of drug-likeness (QED) is 0.770. The van der Waals surface area contributed by atoms with E-state index in [4.69, 9.17) is 9.84 Å². The Bertz CT molecular complexity index is 726. The van der Waals surface area contributed by atoms with Crippen molar-refractivity contribution in [2.45, 2.75) is 24.0 Å². The SMILES string of the molecule is CC[C@H]([AsH]C(=O)OCC1c2ccccc2-c2ccccc21)C(=O)O. The first-order valence-corrected chi connectivity index (χ1v) is 10.2. The average molecular weight is 386 g/mol. The molecule has 3 rings (SSSR count). The number of aliphatic carboxylic acids is 1. The van der Waals surface area contributed by atoms with Crippen molar-refractivity contribution < 1.29 is 19.4 Å². The fourth-order valence-electron chi connectivity index (χ4n) is 3.12. The summed E-state index contributed by atoms with van der Waals surface area (Å²) in [7, 11) is 0. The Balaban J connectivity index is 1.74. The summed E-state index contributed by atoms with van der Waals surface area (Å²) in [6.07, 6.45) is 0.472. The van der Waals surface area contributed by atoms with Crippen LogP contribution < -0.4 is 0 Å². The zero-order valence-electron chi connectivity index (χ0n) is 13.4. The van der Waals surface area contributed by atoms with Crippen LogP contribution in [0.5, 0.6) is 0 Å². The molecule has 0 saturated carbocycles. The van der Waals surface area contributed by atoms with Crippen molar-refractivity contribution in [1.82, 2.24) is 0 Å². The van der Waals surface area contributed by atoms with Gasteiger partial charge in [0.15, 0.2) is 0 Å². The Labute approximate surface area is 147 Å². The molecule has 0 aliphatic heterocycles. The van der Waals surface area contributed by atoms with Gasteiger partial charge in [0.1, 0.15) is 0 Å². The summed E-state index contributed by atoms with van der Waals surface area (Å²) < 4.78 is 4.59. The predicted molar refractivity (Wildman–Crippen MR) is 93.9 cm³/mol. The number of hydrogen-bond donors (Lipinski definition) is 1. The summed E-state index contributed by atoms with van der Waals surface area (Å²) in [5.41, 5.74) is 4.69. The Morgan fingerprint density at radius 2 is 1.62 bits per heavy atom. The Morgan fingerprint density at radius 3 is 2.12 bits per heavy atom. The Kier molecular flexibility index (Phi) is 5.05. The molecular formula is C19H19AsO4. The third-order valence-electron chi connectivity index (χ3n) is 4.34. The van der Waals surface area contributed by atoms with Crippen molar-refractivity contribution in [2.24, 2.45) is 0 Å². The Hall–Kier alpha value is -2.06. The average Bonchev–Trinajstić information content (AvgIpc) is 2.91. The zero-order chi connectivity index (χ0) is 17.1. The van der Waals surface area contributed by atoms with Gasteiger partial charge in [0.25, 0.3) is 0 Å². The van der Waals surface area contributed by atoms with E-state index in [0.29, 0.717) is 6.42 Å². The van der Waals surface area contributed by atoms with E-state index in [9.17, 15) is 9.59 Å². The summed E-state index contributed by atoms with van der Waals surface area (Å²) in [6.45, 7) is 2.06. The third-order valence-corrected chi connectivity index (χ3v) is 7.25. The molecule has 2 atom stereocenters. The first-order chi connectivity index (χ1) is 11.6. The summed E-state index contributed by atoms with van der Waals surface area (Å²) in [5, 5.41) is 9.09. The van der Waals surface area contributed by atoms with Crippen LogP contribution in [0.1, 0.15) is 30.4 Å². The third kappa shape index (κ3) is 3.25. The number of ether oxygens (including phenoxy) is 1. The van der Waals surface area contributed by atoms with Gasteiger partial charge < -0.3 is 0 Å². The van der Waals surface area contributed by atoms with Gasteiger partial charge in [-0.25, -0.2) is 0 Å². The Morgan fingerprint density at radius 1 is 1.08 bits per heavy atom. The molecule has 0 saturated heterocycles. The van der Waals surface area contributed by atoms with Crippen molar-refractivity contribution in [3.63, 3.8) is 0 Å². The van der Waals surface area contributed by atoms with Crippen LogP contribution in [0.4, 0.5) is 4.79 Å². The number of carbonyl (C=O) groups excluding carboxylic acids is 1. The van der Waals surface area contributed by atoms with Crippen LogP contribution >= 0.6 is 0 Å². The monoisotopic (exact) mass is 386 g/mol. The molecule has 1 aliphatic rings. The molecule has 0 radical (unpaired) electrons. The van der Waals surface area contributed by atoms with E-state index >= 15 is 0 Å². The molecule has 1 aliphatic carbocycles. The molecule has 0 spiro atoms. The van der Waals surface area contributed by atoms with Gasteiger partial charge in [-0.1, -0.05) is 0 Å². The van der Waals surface area contributed by atoms with Crippen LogP contribution in [0.25, 0.3) is 11.1 Å². The first-order valence-electron chi connectivity index (χ1n) is 7.96. The van der Waals surface area contributed by atoms with Crippen LogP contribution in [0.3, 0.4) is 0 Å². The number of rotatable bonds is 6. The van der Waals surface area contributed by atoms with E-state index < -0.39 is 26.4 Å². The summed E-state index contributed by atoms with van der Waals surface area (Å²) >= 11 is -1.31. The normalized spacial score (nSPS) is 14.4. The van der Waals surface area contributed by atoms with Crippen LogP contribution in [0.2, 0.25) is 4.71 Å². The van der Waals surface area contributed by atoms with Gasteiger partial charge in [0.05, 0.1) is 0 Å². The second kappa shape index (κ2) is 7.23. The van der Waals surface area contributed by atoms with Crippen LogP contribution in [0, 0.1) is 0 Å². The van der Waals surface area contributed by atoms with E-state index in [1.54, 1.807) is 6.92 Å². The number of hydrogen-bond acceptors (Lipinski definition) is 3. The van der Waals surface area contributed by atoms with E-state index in [0.717, 1.165) is 11.1 Å². The van der Waals surface area contributed by atoms with Crippen molar-refractivity contribution >= 4 is 26.5 Å². The van der Waals surface area contributed by atoms with Crippen molar-refractivity contribution in [3.05, 3.63) is 59.7 Å². The number of benzene rings is 2. The van der Waals surface area contributed by atoms with Gasteiger partial charge in [0.2, 0.25) is 0 Å². The standard InChI is InChI=1S/C19H19AsO4/c1-2-17(18(21)22)20-19(23)24-11-16-14-9-5-3-7-12(14)13-8-4-6-10-15(13)16/h3-10,16-17,20H,2,11H2,1H3,(H,21,22)/t17-/m0/s1. The molecule has 5 heteroatoms. The van der Waals surface area contributed by atoms with Gasteiger partial charge in [-0.2, -0.15) is 0 Å². The summed E-state index contributed by atoms with van der Waals surface area (Å²) in [4.78, 5) is 23.1. The molecule has 124 valence electrons. The van der Waals surface area contributed by atoms with Gasteiger partial charge >= 0.3 is 147 Å².